The predicted molar refractivity (Wildman–Crippen MR) is 128 cm³/mol. The van der Waals surface area contributed by atoms with Gasteiger partial charge in [-0.3, -0.25) is 4.79 Å². The molecule has 0 fully saturated rings. The molecule has 0 radical (unpaired) electrons. The zero-order valence-corrected chi connectivity index (χ0v) is 19.4. The van der Waals surface area contributed by atoms with Gasteiger partial charge in [-0.05, 0) is 43.7 Å². The number of aryl methyl sites for hydroxylation is 1. The van der Waals surface area contributed by atoms with E-state index in [9.17, 15) is 13.2 Å². The van der Waals surface area contributed by atoms with Crippen molar-refractivity contribution in [3.05, 3.63) is 95.7 Å². The van der Waals surface area contributed by atoms with Gasteiger partial charge in [0.1, 0.15) is 0 Å². The van der Waals surface area contributed by atoms with Crippen molar-refractivity contribution in [1.82, 2.24) is 10.3 Å². The van der Waals surface area contributed by atoms with Crippen LogP contribution in [0.2, 0.25) is 0 Å². The Hall–Kier alpha value is -3.71. The molecule has 168 valence electrons. The lowest BCUT2D eigenvalue weighted by atomic mass is 10.0. The zero-order chi connectivity index (χ0) is 23.6. The summed E-state index contributed by atoms with van der Waals surface area (Å²) in [5.74, 6) is 0.710. The molecular formula is C26H24N2O4S. The Balaban J connectivity index is 1.56. The van der Waals surface area contributed by atoms with Gasteiger partial charge < -0.3 is 9.73 Å². The van der Waals surface area contributed by atoms with Gasteiger partial charge >= 0.3 is 0 Å². The van der Waals surface area contributed by atoms with Gasteiger partial charge in [0, 0.05) is 17.4 Å². The Morgan fingerprint density at radius 3 is 2.30 bits per heavy atom. The van der Waals surface area contributed by atoms with E-state index < -0.39 is 9.84 Å². The number of nitrogens with one attached hydrogen (secondary N) is 1. The van der Waals surface area contributed by atoms with Crippen LogP contribution >= 0.6 is 0 Å². The Morgan fingerprint density at radius 1 is 0.970 bits per heavy atom. The number of amides is 1. The van der Waals surface area contributed by atoms with Crippen molar-refractivity contribution in [1.29, 1.82) is 0 Å². The van der Waals surface area contributed by atoms with Gasteiger partial charge in [-0.25, -0.2) is 13.4 Å². The molecule has 0 bridgehead atoms. The molecule has 4 rings (SSSR count). The fourth-order valence-corrected chi connectivity index (χ4v) is 4.11. The fraction of sp³-hybridized carbons (Fsp3) is 0.154. The molecule has 1 heterocycles. The first-order chi connectivity index (χ1) is 15.7. The van der Waals surface area contributed by atoms with Crippen LogP contribution in [0.15, 0.2) is 88.3 Å². The SMILES string of the molecule is Cc1ccc(-c2cnc(-c3ccccc3C(=O)NC(C)c3ccc(S(C)(=O)=O)cc3)o2)cc1. The summed E-state index contributed by atoms with van der Waals surface area (Å²) in [7, 11) is -3.27. The van der Waals surface area contributed by atoms with Gasteiger partial charge in [0.05, 0.1) is 22.7 Å². The third-order valence-corrected chi connectivity index (χ3v) is 6.53. The molecule has 6 nitrogen and oxygen atoms in total. The normalized spacial score (nSPS) is 12.3. The molecule has 0 spiro atoms. The average Bonchev–Trinajstić information content (AvgIpc) is 3.29. The van der Waals surface area contributed by atoms with Gasteiger partial charge in [-0.1, -0.05) is 54.1 Å². The summed E-state index contributed by atoms with van der Waals surface area (Å²) in [5.41, 5.74) is 3.89. The van der Waals surface area contributed by atoms with E-state index in [0.717, 1.165) is 22.9 Å². The number of benzene rings is 3. The third-order valence-electron chi connectivity index (χ3n) is 5.40. The van der Waals surface area contributed by atoms with Crippen LogP contribution in [0.4, 0.5) is 0 Å². The molecule has 0 saturated heterocycles. The molecule has 0 aliphatic heterocycles. The number of hydrogen-bond donors (Lipinski definition) is 1. The van der Waals surface area contributed by atoms with Gasteiger partial charge in [-0.15, -0.1) is 0 Å². The number of sulfone groups is 1. The van der Waals surface area contributed by atoms with Crippen molar-refractivity contribution in [3.63, 3.8) is 0 Å². The van der Waals surface area contributed by atoms with E-state index in [-0.39, 0.29) is 16.8 Å². The molecule has 1 N–H and O–H groups in total. The van der Waals surface area contributed by atoms with E-state index in [4.69, 9.17) is 4.42 Å². The number of nitrogens with zero attached hydrogens (tertiary/aromatic N) is 1. The highest BCUT2D eigenvalue weighted by Gasteiger charge is 2.19. The summed E-state index contributed by atoms with van der Waals surface area (Å²) in [6.45, 7) is 3.86. The highest BCUT2D eigenvalue weighted by Crippen LogP contribution is 2.29. The Labute approximate surface area is 193 Å². The summed E-state index contributed by atoms with van der Waals surface area (Å²) in [6.07, 6.45) is 2.82. The standard InChI is InChI=1S/C26H24N2O4S/c1-17-8-10-20(11-9-17)24-16-27-26(32-24)23-7-5-4-6-22(23)25(29)28-18(2)19-12-14-21(15-13-19)33(3,30)31/h4-16,18H,1-3H3,(H,28,29). The number of carbonyl (C=O) groups excluding carboxylic acids is 1. The first-order valence-corrected chi connectivity index (χ1v) is 12.3. The van der Waals surface area contributed by atoms with Crippen LogP contribution in [0, 0.1) is 6.92 Å². The van der Waals surface area contributed by atoms with E-state index in [2.05, 4.69) is 10.3 Å². The van der Waals surface area contributed by atoms with Gasteiger partial charge in [0.15, 0.2) is 15.6 Å². The quantitative estimate of drug-likeness (QED) is 0.427. The highest BCUT2D eigenvalue weighted by atomic mass is 32.2. The van der Waals surface area contributed by atoms with E-state index in [0.29, 0.717) is 22.8 Å². The van der Waals surface area contributed by atoms with Crippen molar-refractivity contribution in [2.75, 3.05) is 6.26 Å². The average molecular weight is 461 g/mol. The second kappa shape index (κ2) is 9.03. The number of rotatable bonds is 6. The molecule has 1 aromatic heterocycles. The highest BCUT2D eigenvalue weighted by molar-refractivity contribution is 7.90. The van der Waals surface area contributed by atoms with Crippen molar-refractivity contribution in [3.8, 4) is 22.8 Å². The molecular weight excluding hydrogens is 436 g/mol. The van der Waals surface area contributed by atoms with Crippen LogP contribution in [-0.2, 0) is 9.84 Å². The predicted octanol–water partition coefficient (Wildman–Crippen LogP) is 5.21. The lowest BCUT2D eigenvalue weighted by Gasteiger charge is -2.16. The Kier molecular flexibility index (Phi) is 6.16. The minimum atomic E-state index is -3.27. The summed E-state index contributed by atoms with van der Waals surface area (Å²) in [4.78, 5) is 17.7. The summed E-state index contributed by atoms with van der Waals surface area (Å²) in [5, 5.41) is 2.97. The van der Waals surface area contributed by atoms with Crippen molar-refractivity contribution >= 4 is 15.7 Å². The first-order valence-electron chi connectivity index (χ1n) is 10.5. The maximum Gasteiger partial charge on any atom is 0.252 e. The number of oxazole rings is 1. The monoisotopic (exact) mass is 460 g/mol. The van der Waals surface area contributed by atoms with Crippen molar-refractivity contribution in [2.45, 2.75) is 24.8 Å². The lowest BCUT2D eigenvalue weighted by molar-refractivity contribution is 0.0940. The molecule has 1 unspecified atom stereocenters. The maximum atomic E-state index is 13.1. The maximum absolute atomic E-state index is 13.1. The van der Waals surface area contributed by atoms with Crippen LogP contribution in [0.3, 0.4) is 0 Å². The van der Waals surface area contributed by atoms with Crippen LogP contribution < -0.4 is 5.32 Å². The van der Waals surface area contributed by atoms with Crippen LogP contribution in [0.5, 0.6) is 0 Å². The fourth-order valence-electron chi connectivity index (χ4n) is 3.48. The molecule has 3 aromatic carbocycles. The molecule has 0 saturated carbocycles. The zero-order valence-electron chi connectivity index (χ0n) is 18.6. The smallest absolute Gasteiger partial charge is 0.252 e. The molecule has 7 heteroatoms. The van der Waals surface area contributed by atoms with Gasteiger partial charge in [0.25, 0.3) is 5.91 Å². The van der Waals surface area contributed by atoms with Crippen LogP contribution in [0.1, 0.15) is 34.5 Å². The minimum absolute atomic E-state index is 0.239. The lowest BCUT2D eigenvalue weighted by Crippen LogP contribution is -2.27. The second-order valence-corrected chi connectivity index (χ2v) is 9.99. The molecule has 1 atom stereocenters. The van der Waals surface area contributed by atoms with Crippen LogP contribution in [-0.4, -0.2) is 25.6 Å². The number of carbonyl (C=O) groups is 1. The Morgan fingerprint density at radius 2 is 1.64 bits per heavy atom. The van der Waals surface area contributed by atoms with Gasteiger partial charge in [0.2, 0.25) is 5.89 Å². The summed E-state index contributed by atoms with van der Waals surface area (Å²) < 4.78 is 29.3. The van der Waals surface area contributed by atoms with Gasteiger partial charge in [-0.2, -0.15) is 0 Å². The van der Waals surface area contributed by atoms with Crippen molar-refractivity contribution < 1.29 is 17.6 Å². The largest absolute Gasteiger partial charge is 0.436 e. The molecule has 1 amide bonds. The second-order valence-electron chi connectivity index (χ2n) is 7.98. The molecule has 0 aliphatic carbocycles. The first kappa shape index (κ1) is 22.5. The summed E-state index contributed by atoms with van der Waals surface area (Å²) >= 11 is 0. The van der Waals surface area contributed by atoms with Crippen molar-refractivity contribution in [2.24, 2.45) is 0 Å². The third kappa shape index (κ3) is 5.04. The van der Waals surface area contributed by atoms with Crippen LogP contribution in [0.25, 0.3) is 22.8 Å². The van der Waals surface area contributed by atoms with E-state index in [1.165, 1.54) is 0 Å². The van der Waals surface area contributed by atoms with E-state index in [1.807, 2.05) is 44.2 Å². The van der Waals surface area contributed by atoms with E-state index in [1.54, 1.807) is 48.7 Å². The molecule has 0 aliphatic rings. The summed E-state index contributed by atoms with van der Waals surface area (Å²) in [6, 6.07) is 21.2. The molecule has 33 heavy (non-hydrogen) atoms. The minimum Gasteiger partial charge on any atom is -0.436 e. The topological polar surface area (TPSA) is 89.3 Å². The Bertz CT molecular complexity index is 1390. The molecule has 4 aromatic rings. The number of hydrogen-bond acceptors (Lipinski definition) is 5. The number of aromatic nitrogens is 1. The van der Waals surface area contributed by atoms with E-state index >= 15 is 0 Å².